The Bertz CT molecular complexity index is 455. The summed E-state index contributed by atoms with van der Waals surface area (Å²) in [5.74, 6) is -5.94. The van der Waals surface area contributed by atoms with Crippen molar-refractivity contribution in [2.24, 2.45) is 0 Å². The van der Waals surface area contributed by atoms with E-state index >= 15 is 0 Å². The lowest BCUT2D eigenvalue weighted by molar-refractivity contribution is -0.142. The van der Waals surface area contributed by atoms with Crippen LogP contribution in [0, 0.1) is 11.6 Å². The van der Waals surface area contributed by atoms with Gasteiger partial charge in [0.25, 0.3) is 0 Å². The van der Waals surface area contributed by atoms with E-state index in [1.165, 1.54) is 0 Å². The van der Waals surface area contributed by atoms with Gasteiger partial charge in [-0.05, 0) is 22.0 Å². The zero-order chi connectivity index (χ0) is 12.7. The maximum absolute atomic E-state index is 13.2. The number of halogens is 6. The second-order valence-corrected chi connectivity index (χ2v) is 3.56. The fourth-order valence-electron chi connectivity index (χ4n) is 1.05. The molecule has 16 heavy (non-hydrogen) atoms. The average Bonchev–Trinajstić information content (AvgIpc) is 1.97. The summed E-state index contributed by atoms with van der Waals surface area (Å²) in [5.41, 5.74) is -3.47. The van der Waals surface area contributed by atoms with E-state index < -0.39 is 39.4 Å². The van der Waals surface area contributed by atoms with Crippen molar-refractivity contribution in [3.8, 4) is 0 Å². The quantitative estimate of drug-likeness (QED) is 0.807. The normalized spacial score (nSPS) is 11.6. The van der Waals surface area contributed by atoms with E-state index in [4.69, 9.17) is 5.11 Å². The van der Waals surface area contributed by atoms with Gasteiger partial charge in [-0.3, -0.25) is 0 Å². The lowest BCUT2D eigenvalue weighted by atomic mass is 10.1. The predicted molar refractivity (Wildman–Crippen MR) is 46.0 cm³/mol. The molecule has 1 N–H and O–H groups in total. The molecular weight excluding hydrogens is 303 g/mol. The highest BCUT2D eigenvalue weighted by molar-refractivity contribution is 9.10. The molecule has 88 valence electrons. The van der Waals surface area contributed by atoms with Crippen LogP contribution in [-0.4, -0.2) is 11.1 Å². The second kappa shape index (κ2) is 4.00. The molecule has 2 nitrogen and oxygen atoms in total. The maximum atomic E-state index is 13.2. The summed E-state index contributed by atoms with van der Waals surface area (Å²) >= 11 is 2.47. The van der Waals surface area contributed by atoms with Gasteiger partial charge in [-0.25, -0.2) is 13.6 Å². The van der Waals surface area contributed by atoms with Gasteiger partial charge in [-0.2, -0.15) is 13.2 Å². The number of carboxylic acids is 1. The van der Waals surface area contributed by atoms with Crippen molar-refractivity contribution in [3.63, 3.8) is 0 Å². The molecular formula is C8H2BrF5O2. The molecule has 1 aromatic rings. The summed E-state index contributed by atoms with van der Waals surface area (Å²) in [4.78, 5) is 10.5. The summed E-state index contributed by atoms with van der Waals surface area (Å²) in [5, 5.41) is 8.47. The number of rotatable bonds is 1. The van der Waals surface area contributed by atoms with Gasteiger partial charge in [0, 0.05) is 4.47 Å². The Morgan fingerprint density at radius 1 is 1.31 bits per heavy atom. The molecule has 0 aromatic heterocycles. The van der Waals surface area contributed by atoms with Crippen molar-refractivity contribution in [3.05, 3.63) is 33.3 Å². The zero-order valence-corrected chi connectivity index (χ0v) is 8.79. The van der Waals surface area contributed by atoms with Crippen molar-refractivity contribution < 1.29 is 31.9 Å². The summed E-state index contributed by atoms with van der Waals surface area (Å²) in [6.07, 6.45) is -5.29. The Labute approximate surface area is 93.8 Å². The molecule has 0 unspecified atom stereocenters. The Morgan fingerprint density at radius 3 is 2.19 bits per heavy atom. The number of alkyl halides is 3. The summed E-state index contributed by atoms with van der Waals surface area (Å²) in [6, 6.07) is 0.259. The molecule has 0 amide bonds. The van der Waals surface area contributed by atoms with Crippen LogP contribution in [0.3, 0.4) is 0 Å². The topological polar surface area (TPSA) is 37.3 Å². The molecule has 0 bridgehead atoms. The number of hydrogen-bond acceptors (Lipinski definition) is 1. The Kier molecular flexibility index (Phi) is 3.22. The van der Waals surface area contributed by atoms with Gasteiger partial charge in [-0.1, -0.05) is 0 Å². The number of aromatic carboxylic acids is 1. The van der Waals surface area contributed by atoms with Gasteiger partial charge in [0.2, 0.25) is 0 Å². The fraction of sp³-hybridized carbons (Fsp3) is 0.125. The summed E-state index contributed by atoms with van der Waals surface area (Å²) in [6.45, 7) is 0. The van der Waals surface area contributed by atoms with Crippen molar-refractivity contribution in [2.75, 3.05) is 0 Å². The standard InChI is InChI=1S/C8H2BrF5O2/c9-2-1-3(10)5(8(12,13)14)6(11)4(2)7(15)16/h1H,(H,15,16). The van der Waals surface area contributed by atoms with Crippen LogP contribution in [0.15, 0.2) is 10.5 Å². The van der Waals surface area contributed by atoms with E-state index in [1.807, 2.05) is 0 Å². The van der Waals surface area contributed by atoms with Crippen molar-refractivity contribution >= 4 is 21.9 Å². The highest BCUT2D eigenvalue weighted by Gasteiger charge is 2.40. The molecule has 0 aliphatic heterocycles. The van der Waals surface area contributed by atoms with Crippen LogP contribution < -0.4 is 0 Å². The minimum Gasteiger partial charge on any atom is -0.478 e. The third kappa shape index (κ3) is 2.16. The smallest absolute Gasteiger partial charge is 0.422 e. The number of hydrogen-bond donors (Lipinski definition) is 1. The third-order valence-corrected chi connectivity index (χ3v) is 2.29. The van der Waals surface area contributed by atoms with Crippen LogP contribution in [0.1, 0.15) is 15.9 Å². The molecule has 0 aliphatic rings. The molecule has 1 rings (SSSR count). The first-order valence-electron chi connectivity index (χ1n) is 3.64. The molecule has 0 radical (unpaired) electrons. The minimum atomic E-state index is -5.29. The van der Waals surface area contributed by atoms with E-state index in [1.54, 1.807) is 0 Å². The van der Waals surface area contributed by atoms with Crippen molar-refractivity contribution in [2.45, 2.75) is 6.18 Å². The second-order valence-electron chi connectivity index (χ2n) is 2.71. The van der Waals surface area contributed by atoms with E-state index in [0.717, 1.165) is 0 Å². The highest BCUT2D eigenvalue weighted by Crippen LogP contribution is 2.37. The monoisotopic (exact) mass is 304 g/mol. The number of carbonyl (C=O) groups is 1. The zero-order valence-electron chi connectivity index (χ0n) is 7.20. The van der Waals surface area contributed by atoms with Crippen LogP contribution in [0.25, 0.3) is 0 Å². The molecule has 8 heteroatoms. The van der Waals surface area contributed by atoms with Gasteiger partial charge in [0.15, 0.2) is 5.82 Å². The first-order chi connectivity index (χ1) is 7.16. The predicted octanol–water partition coefficient (Wildman–Crippen LogP) is 3.44. The van der Waals surface area contributed by atoms with E-state index in [9.17, 15) is 26.7 Å². The van der Waals surface area contributed by atoms with Gasteiger partial charge in [-0.15, -0.1) is 0 Å². The SMILES string of the molecule is O=C(O)c1c(Br)cc(F)c(C(F)(F)F)c1F. The van der Waals surface area contributed by atoms with Crippen LogP contribution in [0.2, 0.25) is 0 Å². The molecule has 1 aromatic carbocycles. The van der Waals surface area contributed by atoms with Crippen LogP contribution >= 0.6 is 15.9 Å². The lowest BCUT2D eigenvalue weighted by Gasteiger charge is -2.11. The van der Waals surface area contributed by atoms with Crippen molar-refractivity contribution in [1.29, 1.82) is 0 Å². The largest absolute Gasteiger partial charge is 0.478 e. The third-order valence-electron chi connectivity index (χ3n) is 1.67. The Morgan fingerprint density at radius 2 is 1.81 bits per heavy atom. The minimum absolute atomic E-state index is 0.259. The molecule has 0 saturated heterocycles. The van der Waals surface area contributed by atoms with Crippen LogP contribution in [0.4, 0.5) is 22.0 Å². The lowest BCUT2D eigenvalue weighted by Crippen LogP contribution is -2.15. The van der Waals surface area contributed by atoms with Gasteiger partial charge in [0.1, 0.15) is 16.9 Å². The van der Waals surface area contributed by atoms with Gasteiger partial charge in [0.05, 0.1) is 0 Å². The first-order valence-corrected chi connectivity index (χ1v) is 4.43. The van der Waals surface area contributed by atoms with Gasteiger partial charge < -0.3 is 5.11 Å². The molecule has 0 saturated carbocycles. The molecule has 0 atom stereocenters. The number of benzene rings is 1. The average molecular weight is 305 g/mol. The highest BCUT2D eigenvalue weighted by atomic mass is 79.9. The fourth-order valence-corrected chi connectivity index (χ4v) is 1.59. The molecule has 0 fully saturated rings. The van der Waals surface area contributed by atoms with E-state index in [2.05, 4.69) is 15.9 Å². The molecule has 0 heterocycles. The Hall–Kier alpha value is -1.18. The molecule has 0 aliphatic carbocycles. The first kappa shape index (κ1) is 12.9. The Balaban J connectivity index is 3.65. The van der Waals surface area contributed by atoms with Crippen LogP contribution in [0.5, 0.6) is 0 Å². The van der Waals surface area contributed by atoms with Crippen LogP contribution in [-0.2, 0) is 6.18 Å². The summed E-state index contributed by atoms with van der Waals surface area (Å²) < 4.78 is 62.0. The maximum Gasteiger partial charge on any atom is 0.422 e. The van der Waals surface area contributed by atoms with Gasteiger partial charge >= 0.3 is 12.1 Å². The molecule has 0 spiro atoms. The summed E-state index contributed by atoms with van der Waals surface area (Å²) in [7, 11) is 0. The number of carboxylic acid groups (broad SMARTS) is 1. The van der Waals surface area contributed by atoms with E-state index in [-0.39, 0.29) is 6.07 Å². The van der Waals surface area contributed by atoms with E-state index in [0.29, 0.717) is 0 Å². The van der Waals surface area contributed by atoms with Crippen molar-refractivity contribution in [1.82, 2.24) is 0 Å².